The summed E-state index contributed by atoms with van der Waals surface area (Å²) in [6, 6.07) is -0.449. The zero-order valence-electron chi connectivity index (χ0n) is 13.1. The van der Waals surface area contributed by atoms with Crippen LogP contribution in [0.1, 0.15) is 27.7 Å². The van der Waals surface area contributed by atoms with Crippen LogP contribution in [0.4, 0.5) is 4.79 Å². The molecule has 0 spiro atoms. The van der Waals surface area contributed by atoms with Gasteiger partial charge in [0.05, 0.1) is 6.04 Å². The molecular weight excluding hydrogens is 296 g/mol. The average molecular weight is 322 g/mol. The number of nitrogens with zero attached hydrogens (tertiary/aromatic N) is 2. The third kappa shape index (κ3) is 5.10. The van der Waals surface area contributed by atoms with E-state index in [9.17, 15) is 13.2 Å². The highest BCUT2D eigenvalue weighted by Crippen LogP contribution is 2.16. The molecule has 0 bridgehead atoms. The number of nitrogens with two attached hydrogens (primary N) is 1. The molecule has 0 saturated carbocycles. The van der Waals surface area contributed by atoms with Crippen molar-refractivity contribution in [2.24, 2.45) is 5.73 Å². The lowest BCUT2D eigenvalue weighted by atomic mass is 10.2. The number of hydrogen-bond acceptors (Lipinski definition) is 5. The molecule has 1 aliphatic heterocycles. The van der Waals surface area contributed by atoms with Crippen LogP contribution in [0.15, 0.2) is 0 Å². The van der Waals surface area contributed by atoms with Crippen molar-refractivity contribution in [3.63, 3.8) is 0 Å². The van der Waals surface area contributed by atoms with Crippen LogP contribution in [0.25, 0.3) is 0 Å². The third-order valence-electron chi connectivity index (χ3n) is 2.99. The first-order valence-electron chi connectivity index (χ1n) is 7.05. The first kappa shape index (κ1) is 18.1. The van der Waals surface area contributed by atoms with Gasteiger partial charge in [-0.15, -0.1) is 0 Å². The highest BCUT2D eigenvalue weighted by molar-refractivity contribution is 7.87. The first-order chi connectivity index (χ1) is 9.60. The molecule has 0 aliphatic carbocycles. The Morgan fingerprint density at radius 3 is 2.48 bits per heavy atom. The Morgan fingerprint density at radius 1 is 1.38 bits per heavy atom. The monoisotopic (exact) mass is 322 g/mol. The van der Waals surface area contributed by atoms with Gasteiger partial charge >= 0.3 is 6.09 Å². The van der Waals surface area contributed by atoms with Gasteiger partial charge in [-0.2, -0.15) is 12.7 Å². The highest BCUT2D eigenvalue weighted by Gasteiger charge is 2.36. The van der Waals surface area contributed by atoms with Crippen molar-refractivity contribution in [2.45, 2.75) is 39.3 Å². The molecular formula is C12H26N4O4S. The molecule has 0 radical (unpaired) electrons. The number of nitrogens with one attached hydrogen (secondary N) is 1. The predicted octanol–water partition coefficient (Wildman–Crippen LogP) is -0.279. The summed E-state index contributed by atoms with van der Waals surface area (Å²) in [4.78, 5) is 13.5. The standard InChI is InChI=1S/C12H26N4O4S/c1-5-14-21(18,19)16-7-6-15(9-10(16)8-13)11(17)20-12(2,3)4/h10,14H,5-9,13H2,1-4H3. The molecule has 0 aromatic carbocycles. The van der Waals surface area contributed by atoms with Crippen molar-refractivity contribution < 1.29 is 17.9 Å². The van der Waals surface area contributed by atoms with E-state index in [0.717, 1.165) is 0 Å². The van der Waals surface area contributed by atoms with Crippen molar-refractivity contribution in [3.8, 4) is 0 Å². The van der Waals surface area contributed by atoms with Gasteiger partial charge in [-0.1, -0.05) is 6.92 Å². The Labute approximate surface area is 126 Å². The fourth-order valence-electron chi connectivity index (χ4n) is 2.10. The molecule has 8 nitrogen and oxygen atoms in total. The van der Waals surface area contributed by atoms with E-state index in [2.05, 4.69) is 4.72 Å². The largest absolute Gasteiger partial charge is 0.444 e. The minimum absolute atomic E-state index is 0.143. The number of piperazine rings is 1. The van der Waals surface area contributed by atoms with Gasteiger partial charge in [-0.25, -0.2) is 9.52 Å². The van der Waals surface area contributed by atoms with E-state index in [1.807, 2.05) is 0 Å². The maximum atomic E-state index is 12.1. The number of rotatable bonds is 4. The summed E-state index contributed by atoms with van der Waals surface area (Å²) in [5.41, 5.74) is 5.08. The maximum absolute atomic E-state index is 12.1. The van der Waals surface area contributed by atoms with E-state index in [1.54, 1.807) is 27.7 Å². The van der Waals surface area contributed by atoms with E-state index in [-0.39, 0.29) is 26.2 Å². The van der Waals surface area contributed by atoms with Gasteiger partial charge in [-0.05, 0) is 20.8 Å². The van der Waals surface area contributed by atoms with Crippen LogP contribution in [0, 0.1) is 0 Å². The quantitative estimate of drug-likeness (QED) is 0.741. The van der Waals surface area contributed by atoms with Crippen molar-refractivity contribution in [1.29, 1.82) is 0 Å². The van der Waals surface area contributed by atoms with Crippen LogP contribution in [0.3, 0.4) is 0 Å². The summed E-state index contributed by atoms with van der Waals surface area (Å²) in [6.45, 7) is 8.26. The lowest BCUT2D eigenvalue weighted by molar-refractivity contribution is 0.0137. The van der Waals surface area contributed by atoms with Gasteiger partial charge in [0.1, 0.15) is 5.60 Å². The molecule has 1 heterocycles. The molecule has 1 rings (SSSR count). The van der Waals surface area contributed by atoms with Crippen LogP contribution < -0.4 is 10.5 Å². The lowest BCUT2D eigenvalue weighted by Gasteiger charge is -2.40. The Balaban J connectivity index is 2.76. The summed E-state index contributed by atoms with van der Waals surface area (Å²) in [7, 11) is -3.55. The predicted molar refractivity (Wildman–Crippen MR) is 80.0 cm³/mol. The zero-order chi connectivity index (χ0) is 16.3. The van der Waals surface area contributed by atoms with E-state index in [4.69, 9.17) is 10.5 Å². The van der Waals surface area contributed by atoms with Crippen LogP contribution in [0.2, 0.25) is 0 Å². The molecule has 1 atom stereocenters. The Hall–Kier alpha value is -0.900. The zero-order valence-corrected chi connectivity index (χ0v) is 13.9. The van der Waals surface area contributed by atoms with Gasteiger partial charge in [0.15, 0.2) is 0 Å². The highest BCUT2D eigenvalue weighted by atomic mass is 32.2. The number of carbonyl (C=O) groups excluding carboxylic acids is 1. The molecule has 1 amide bonds. The van der Waals surface area contributed by atoms with Crippen molar-refractivity contribution >= 4 is 16.3 Å². The fraction of sp³-hybridized carbons (Fsp3) is 0.917. The summed E-state index contributed by atoms with van der Waals surface area (Å²) in [6.07, 6.45) is -0.443. The minimum atomic E-state index is -3.55. The van der Waals surface area contributed by atoms with Gasteiger partial charge < -0.3 is 15.4 Å². The normalized spacial score (nSPS) is 21.4. The topological polar surface area (TPSA) is 105 Å². The molecule has 1 unspecified atom stereocenters. The van der Waals surface area contributed by atoms with Crippen molar-refractivity contribution in [2.75, 3.05) is 32.7 Å². The fourth-order valence-corrected chi connectivity index (χ4v) is 3.50. The van der Waals surface area contributed by atoms with Gasteiger partial charge in [0, 0.05) is 32.7 Å². The molecule has 1 saturated heterocycles. The first-order valence-corrected chi connectivity index (χ1v) is 8.49. The van der Waals surface area contributed by atoms with Gasteiger partial charge in [0.25, 0.3) is 10.2 Å². The Kier molecular flexibility index (Phi) is 5.97. The molecule has 0 aromatic heterocycles. The molecule has 124 valence electrons. The molecule has 3 N–H and O–H groups in total. The van der Waals surface area contributed by atoms with E-state index >= 15 is 0 Å². The second-order valence-corrected chi connectivity index (χ2v) is 7.64. The van der Waals surface area contributed by atoms with Gasteiger partial charge in [-0.3, -0.25) is 0 Å². The molecule has 0 aromatic rings. The van der Waals surface area contributed by atoms with Gasteiger partial charge in [0.2, 0.25) is 0 Å². The maximum Gasteiger partial charge on any atom is 0.410 e. The third-order valence-corrected chi connectivity index (χ3v) is 4.74. The summed E-state index contributed by atoms with van der Waals surface area (Å²) >= 11 is 0. The summed E-state index contributed by atoms with van der Waals surface area (Å²) in [5.74, 6) is 0. The van der Waals surface area contributed by atoms with Crippen LogP contribution in [-0.2, 0) is 14.9 Å². The number of hydrogen-bond donors (Lipinski definition) is 2. The molecule has 1 fully saturated rings. The molecule has 1 aliphatic rings. The number of carbonyl (C=O) groups is 1. The van der Waals surface area contributed by atoms with Crippen molar-refractivity contribution in [1.82, 2.24) is 13.9 Å². The summed E-state index contributed by atoms with van der Waals surface area (Å²) < 4.78 is 33.2. The number of amides is 1. The van der Waals surface area contributed by atoms with E-state index in [1.165, 1.54) is 9.21 Å². The lowest BCUT2D eigenvalue weighted by Crippen LogP contribution is -2.61. The number of ether oxygens (including phenoxy) is 1. The van der Waals surface area contributed by atoms with E-state index in [0.29, 0.717) is 6.54 Å². The smallest absolute Gasteiger partial charge is 0.410 e. The summed E-state index contributed by atoms with van der Waals surface area (Å²) in [5, 5.41) is 0. The van der Waals surface area contributed by atoms with Crippen LogP contribution in [-0.4, -0.2) is 68.1 Å². The molecule has 21 heavy (non-hydrogen) atoms. The SMILES string of the molecule is CCNS(=O)(=O)N1CCN(C(=O)OC(C)(C)C)CC1CN. The average Bonchev–Trinajstić information content (AvgIpc) is 2.35. The minimum Gasteiger partial charge on any atom is -0.444 e. The molecule has 9 heteroatoms. The van der Waals surface area contributed by atoms with Crippen molar-refractivity contribution in [3.05, 3.63) is 0 Å². The van der Waals surface area contributed by atoms with Crippen LogP contribution >= 0.6 is 0 Å². The second-order valence-electron chi connectivity index (χ2n) is 5.93. The second kappa shape index (κ2) is 6.91. The Bertz CT molecular complexity index is 460. The van der Waals surface area contributed by atoms with E-state index < -0.39 is 27.9 Å². The Morgan fingerprint density at radius 2 is 2.00 bits per heavy atom. The van der Waals surface area contributed by atoms with Crippen LogP contribution in [0.5, 0.6) is 0 Å².